The topological polar surface area (TPSA) is 0 Å². The Kier molecular flexibility index (Phi) is 8.57. The number of hydrogen-bond acceptors (Lipinski definition) is 0. The van der Waals surface area contributed by atoms with Crippen LogP contribution < -0.4 is 0 Å². The van der Waals surface area contributed by atoms with Crippen LogP contribution in [0, 0.1) is 11.8 Å². The van der Waals surface area contributed by atoms with Crippen molar-refractivity contribution in [3.63, 3.8) is 0 Å². The fraction of sp³-hybridized carbons (Fsp3) is 1.00. The zero-order chi connectivity index (χ0) is 14.0. The highest BCUT2D eigenvalue weighted by Crippen LogP contribution is 2.42. The Hall–Kier alpha value is 0.430. The standard InChI is InChI=1S/C19H37P/c1-2-17-13-9-7-8-12-16-20-19(17)18-14-10-5-3-4-6-11-15-18/h17-20H,2-16H2,1H3. The molecule has 2 fully saturated rings. The highest BCUT2D eigenvalue weighted by atomic mass is 31.1. The Morgan fingerprint density at radius 1 is 0.700 bits per heavy atom. The Bertz CT molecular complexity index is 228. The van der Waals surface area contributed by atoms with Crippen LogP contribution in [-0.2, 0) is 0 Å². The highest BCUT2D eigenvalue weighted by molar-refractivity contribution is 7.38. The molecule has 1 aliphatic heterocycles. The molecule has 3 atom stereocenters. The summed E-state index contributed by atoms with van der Waals surface area (Å²) >= 11 is 0. The van der Waals surface area contributed by atoms with E-state index in [-0.39, 0.29) is 0 Å². The summed E-state index contributed by atoms with van der Waals surface area (Å²) < 4.78 is 0. The van der Waals surface area contributed by atoms with Crippen LogP contribution in [0.3, 0.4) is 0 Å². The van der Waals surface area contributed by atoms with E-state index in [9.17, 15) is 0 Å². The summed E-state index contributed by atoms with van der Waals surface area (Å²) in [5.41, 5.74) is 1.11. The maximum Gasteiger partial charge on any atom is -0.0180 e. The van der Waals surface area contributed by atoms with Crippen LogP contribution in [-0.4, -0.2) is 11.8 Å². The first kappa shape index (κ1) is 16.8. The molecule has 2 rings (SSSR count). The minimum atomic E-state index is 1.07. The van der Waals surface area contributed by atoms with Crippen LogP contribution in [0.2, 0.25) is 0 Å². The highest BCUT2D eigenvalue weighted by Gasteiger charge is 2.28. The molecule has 2 aliphatic rings. The van der Waals surface area contributed by atoms with Gasteiger partial charge in [0.25, 0.3) is 0 Å². The first-order chi connectivity index (χ1) is 9.92. The number of rotatable bonds is 2. The van der Waals surface area contributed by atoms with E-state index in [1.54, 1.807) is 25.4 Å². The summed E-state index contributed by atoms with van der Waals surface area (Å²) in [6.45, 7) is 2.47. The second-order valence-electron chi connectivity index (χ2n) is 7.31. The van der Waals surface area contributed by atoms with Crippen molar-refractivity contribution in [1.29, 1.82) is 0 Å². The fourth-order valence-electron chi connectivity index (χ4n) is 4.53. The van der Waals surface area contributed by atoms with Gasteiger partial charge in [-0.15, -0.1) is 8.58 Å². The molecule has 0 radical (unpaired) electrons. The normalized spacial score (nSPS) is 33.5. The van der Waals surface area contributed by atoms with Crippen molar-refractivity contribution in [3.05, 3.63) is 0 Å². The average Bonchev–Trinajstić information content (AvgIpc) is 2.68. The van der Waals surface area contributed by atoms with Crippen molar-refractivity contribution in [2.45, 2.75) is 102 Å². The van der Waals surface area contributed by atoms with E-state index in [1.165, 1.54) is 79.2 Å². The van der Waals surface area contributed by atoms with Gasteiger partial charge in [-0.2, -0.15) is 0 Å². The summed E-state index contributed by atoms with van der Waals surface area (Å²) in [6, 6.07) is 0. The second kappa shape index (κ2) is 10.2. The van der Waals surface area contributed by atoms with Gasteiger partial charge in [0.1, 0.15) is 0 Å². The van der Waals surface area contributed by atoms with Gasteiger partial charge >= 0.3 is 0 Å². The Labute approximate surface area is 129 Å². The summed E-state index contributed by atoms with van der Waals surface area (Å²) in [6.07, 6.45) is 22.9. The predicted molar refractivity (Wildman–Crippen MR) is 94.3 cm³/mol. The van der Waals surface area contributed by atoms with Gasteiger partial charge in [0.2, 0.25) is 0 Å². The maximum atomic E-state index is 2.47. The van der Waals surface area contributed by atoms with Gasteiger partial charge in [-0.25, -0.2) is 0 Å². The molecule has 1 aliphatic carbocycles. The van der Waals surface area contributed by atoms with Crippen molar-refractivity contribution in [3.8, 4) is 0 Å². The molecule has 0 bridgehead atoms. The average molecular weight is 296 g/mol. The third-order valence-electron chi connectivity index (χ3n) is 5.82. The van der Waals surface area contributed by atoms with Crippen LogP contribution in [0.5, 0.6) is 0 Å². The van der Waals surface area contributed by atoms with Crippen LogP contribution in [0.25, 0.3) is 0 Å². The van der Waals surface area contributed by atoms with E-state index in [4.69, 9.17) is 0 Å². The van der Waals surface area contributed by atoms with E-state index < -0.39 is 0 Å². The van der Waals surface area contributed by atoms with Gasteiger partial charge in [-0.1, -0.05) is 71.1 Å². The quantitative estimate of drug-likeness (QED) is 0.493. The van der Waals surface area contributed by atoms with Crippen LogP contribution in [0.4, 0.5) is 0 Å². The molecule has 0 aromatic heterocycles. The first-order valence-corrected chi connectivity index (χ1v) is 10.9. The first-order valence-electron chi connectivity index (χ1n) is 9.65. The molecule has 0 amide bonds. The molecule has 0 aromatic carbocycles. The van der Waals surface area contributed by atoms with E-state index in [2.05, 4.69) is 6.92 Å². The zero-order valence-corrected chi connectivity index (χ0v) is 14.8. The predicted octanol–water partition coefficient (Wildman–Crippen LogP) is 6.77. The molecular formula is C19H37P. The molecule has 1 heteroatoms. The lowest BCUT2D eigenvalue weighted by atomic mass is 9.83. The Morgan fingerprint density at radius 2 is 1.25 bits per heavy atom. The zero-order valence-electron chi connectivity index (χ0n) is 13.8. The van der Waals surface area contributed by atoms with Gasteiger partial charge in [-0.3, -0.25) is 0 Å². The van der Waals surface area contributed by atoms with Crippen molar-refractivity contribution >= 4 is 8.58 Å². The molecule has 1 saturated carbocycles. The minimum Gasteiger partial charge on any atom is -0.118 e. The molecule has 0 N–H and O–H groups in total. The lowest BCUT2D eigenvalue weighted by Gasteiger charge is -2.33. The van der Waals surface area contributed by atoms with Crippen LogP contribution >= 0.6 is 8.58 Å². The Morgan fingerprint density at radius 3 is 1.90 bits per heavy atom. The van der Waals surface area contributed by atoms with Crippen LogP contribution in [0.15, 0.2) is 0 Å². The van der Waals surface area contributed by atoms with Crippen LogP contribution in [0.1, 0.15) is 96.8 Å². The van der Waals surface area contributed by atoms with Gasteiger partial charge in [0.15, 0.2) is 0 Å². The summed E-state index contributed by atoms with van der Waals surface area (Å²) in [7, 11) is 1.29. The molecule has 1 saturated heterocycles. The molecule has 0 nitrogen and oxygen atoms in total. The summed E-state index contributed by atoms with van der Waals surface area (Å²) in [5.74, 6) is 2.16. The minimum absolute atomic E-state index is 1.07. The monoisotopic (exact) mass is 296 g/mol. The largest absolute Gasteiger partial charge is 0.118 e. The second-order valence-corrected chi connectivity index (χ2v) is 8.88. The third-order valence-corrected chi connectivity index (χ3v) is 7.88. The SMILES string of the molecule is CCC1CCCCCCPC1C1CCCCCCCC1. The van der Waals surface area contributed by atoms with Gasteiger partial charge in [0, 0.05) is 0 Å². The lowest BCUT2D eigenvalue weighted by Crippen LogP contribution is -2.26. The van der Waals surface area contributed by atoms with Gasteiger partial charge < -0.3 is 0 Å². The molecule has 20 heavy (non-hydrogen) atoms. The van der Waals surface area contributed by atoms with E-state index >= 15 is 0 Å². The molecule has 0 spiro atoms. The smallest absolute Gasteiger partial charge is 0.0180 e. The van der Waals surface area contributed by atoms with Crippen molar-refractivity contribution in [2.24, 2.45) is 11.8 Å². The molecule has 1 heterocycles. The lowest BCUT2D eigenvalue weighted by molar-refractivity contribution is 0.312. The fourth-order valence-corrected chi connectivity index (χ4v) is 6.72. The molecule has 118 valence electrons. The molecule has 0 aromatic rings. The molecular weight excluding hydrogens is 259 g/mol. The van der Waals surface area contributed by atoms with Crippen molar-refractivity contribution in [2.75, 3.05) is 6.16 Å². The maximum absolute atomic E-state index is 2.47. The Balaban J connectivity index is 1.97. The van der Waals surface area contributed by atoms with Crippen molar-refractivity contribution < 1.29 is 0 Å². The summed E-state index contributed by atoms with van der Waals surface area (Å²) in [4.78, 5) is 0. The third kappa shape index (κ3) is 5.67. The van der Waals surface area contributed by atoms with E-state index in [0.29, 0.717) is 0 Å². The van der Waals surface area contributed by atoms with Gasteiger partial charge in [-0.05, 0) is 49.3 Å². The molecule has 3 unspecified atom stereocenters. The summed E-state index contributed by atoms with van der Waals surface area (Å²) in [5, 5.41) is 0. The van der Waals surface area contributed by atoms with Crippen molar-refractivity contribution in [1.82, 2.24) is 0 Å². The van der Waals surface area contributed by atoms with E-state index in [0.717, 1.165) is 17.5 Å². The van der Waals surface area contributed by atoms with E-state index in [1.807, 2.05) is 0 Å². The van der Waals surface area contributed by atoms with Gasteiger partial charge in [0.05, 0.1) is 0 Å². The number of hydrogen-bond donors (Lipinski definition) is 0.